The number of hydrogen-bond donors (Lipinski definition) is 1. The van der Waals surface area contributed by atoms with Gasteiger partial charge in [0.15, 0.2) is 0 Å². The molecule has 0 saturated carbocycles. The summed E-state index contributed by atoms with van der Waals surface area (Å²) in [5.41, 5.74) is 1.23. The molecule has 1 fully saturated rings. The van der Waals surface area contributed by atoms with E-state index in [-0.39, 0.29) is 0 Å². The molecule has 0 aromatic carbocycles. The summed E-state index contributed by atoms with van der Waals surface area (Å²) in [6.07, 6.45) is 2.74. The van der Waals surface area contributed by atoms with Crippen LogP contribution in [0, 0.1) is 5.92 Å². The Labute approximate surface area is 93.1 Å². The minimum atomic E-state index is 0.659. The van der Waals surface area contributed by atoms with Crippen molar-refractivity contribution in [3.63, 3.8) is 0 Å². The molecule has 0 radical (unpaired) electrons. The summed E-state index contributed by atoms with van der Waals surface area (Å²) in [6, 6.07) is 0. The Hall–Kier alpha value is 0.280. The van der Waals surface area contributed by atoms with Crippen LogP contribution in [0.25, 0.3) is 0 Å². The van der Waals surface area contributed by atoms with E-state index < -0.39 is 0 Å². The molecule has 0 spiro atoms. The molecule has 1 unspecified atom stereocenters. The van der Waals surface area contributed by atoms with Gasteiger partial charge in [0.05, 0.1) is 5.37 Å². The third-order valence-corrected chi connectivity index (χ3v) is 4.84. The third kappa shape index (κ3) is 2.65. The summed E-state index contributed by atoms with van der Waals surface area (Å²) in [7, 11) is 2.73. The molecule has 2 aliphatic heterocycles. The fourth-order valence-electron chi connectivity index (χ4n) is 1.98. The lowest BCUT2D eigenvalue weighted by molar-refractivity contribution is 0.179. The number of rotatable bonds is 1. The smallest absolute Gasteiger partial charge is 0.0774 e. The normalized spacial score (nSPS) is 31.0. The molecule has 2 aliphatic rings. The van der Waals surface area contributed by atoms with Crippen LogP contribution < -0.4 is 5.32 Å². The van der Waals surface area contributed by atoms with Crippen LogP contribution in [0.1, 0.15) is 19.8 Å². The molecule has 0 aliphatic carbocycles. The lowest BCUT2D eigenvalue weighted by Crippen LogP contribution is -2.44. The number of piperidine rings is 1. The Kier molecular flexibility index (Phi) is 3.75. The van der Waals surface area contributed by atoms with Crippen molar-refractivity contribution in [1.82, 2.24) is 10.2 Å². The maximum absolute atomic E-state index is 3.40. The highest BCUT2D eigenvalue weighted by atomic mass is 32.2. The van der Waals surface area contributed by atoms with Gasteiger partial charge in [0, 0.05) is 12.0 Å². The van der Waals surface area contributed by atoms with Crippen LogP contribution in [-0.2, 0) is 0 Å². The molecule has 4 heteroatoms. The van der Waals surface area contributed by atoms with E-state index in [0.29, 0.717) is 5.37 Å². The predicted octanol–water partition coefficient (Wildman–Crippen LogP) is 2.05. The SMILES string of the molecule is CC1CCN([C@@H]2CNC(P)=CS2)CC1. The lowest BCUT2D eigenvalue weighted by Gasteiger charge is -2.37. The minimum Gasteiger partial charge on any atom is -0.382 e. The zero-order valence-corrected chi connectivity index (χ0v) is 10.7. The topological polar surface area (TPSA) is 15.3 Å². The summed E-state index contributed by atoms with van der Waals surface area (Å²) >= 11 is 1.96. The van der Waals surface area contributed by atoms with Gasteiger partial charge in [-0.1, -0.05) is 16.2 Å². The Morgan fingerprint density at radius 1 is 1.50 bits per heavy atom. The van der Waals surface area contributed by atoms with Crippen LogP contribution in [0.5, 0.6) is 0 Å². The number of hydrogen-bond acceptors (Lipinski definition) is 3. The molecular weight excluding hydrogens is 211 g/mol. The molecule has 2 nitrogen and oxygen atoms in total. The highest BCUT2D eigenvalue weighted by molar-refractivity contribution is 8.02. The van der Waals surface area contributed by atoms with Crippen LogP contribution in [-0.4, -0.2) is 29.9 Å². The van der Waals surface area contributed by atoms with E-state index >= 15 is 0 Å². The molecule has 2 atom stereocenters. The summed E-state index contributed by atoms with van der Waals surface area (Å²) in [4.78, 5) is 2.62. The van der Waals surface area contributed by atoms with E-state index in [1.807, 2.05) is 11.8 Å². The maximum Gasteiger partial charge on any atom is 0.0774 e. The second-order valence-electron chi connectivity index (χ2n) is 4.26. The van der Waals surface area contributed by atoms with Crippen molar-refractivity contribution in [2.24, 2.45) is 5.92 Å². The second-order valence-corrected chi connectivity index (χ2v) is 5.94. The third-order valence-electron chi connectivity index (χ3n) is 3.06. The summed E-state index contributed by atoms with van der Waals surface area (Å²) in [5, 5.41) is 6.28. The van der Waals surface area contributed by atoms with Crippen LogP contribution in [0.15, 0.2) is 10.8 Å². The average molecular weight is 230 g/mol. The molecule has 14 heavy (non-hydrogen) atoms. The van der Waals surface area contributed by atoms with Crippen molar-refractivity contribution in [2.75, 3.05) is 19.6 Å². The molecule has 0 amide bonds. The molecular formula is C10H19N2PS. The quantitative estimate of drug-likeness (QED) is 0.694. The molecule has 0 bridgehead atoms. The average Bonchev–Trinajstić information content (AvgIpc) is 2.21. The molecule has 2 rings (SSSR count). The van der Waals surface area contributed by atoms with E-state index in [4.69, 9.17) is 0 Å². The van der Waals surface area contributed by atoms with Gasteiger partial charge in [-0.2, -0.15) is 0 Å². The molecule has 1 saturated heterocycles. The van der Waals surface area contributed by atoms with Gasteiger partial charge in [0.25, 0.3) is 0 Å². The van der Waals surface area contributed by atoms with Crippen LogP contribution in [0.4, 0.5) is 0 Å². The zero-order valence-electron chi connectivity index (χ0n) is 8.70. The number of nitrogens with one attached hydrogen (secondary N) is 1. The standard InChI is InChI=1S/C10H19N2PS/c1-8-2-4-12(5-3-8)10-6-11-9(13)7-14-10/h7-8,10-11H,2-6,13H2,1H3/t10-/m0/s1. The Bertz CT molecular complexity index is 224. The van der Waals surface area contributed by atoms with Crippen molar-refractivity contribution in [2.45, 2.75) is 25.1 Å². The summed E-state index contributed by atoms with van der Waals surface area (Å²) in [5.74, 6) is 0.931. The van der Waals surface area contributed by atoms with Crippen molar-refractivity contribution < 1.29 is 0 Å². The first kappa shape index (κ1) is 10.8. The van der Waals surface area contributed by atoms with E-state index in [1.165, 1.54) is 31.4 Å². The van der Waals surface area contributed by atoms with Crippen LogP contribution in [0.2, 0.25) is 0 Å². The van der Waals surface area contributed by atoms with Gasteiger partial charge in [-0.15, -0.1) is 11.8 Å². The lowest BCUT2D eigenvalue weighted by atomic mass is 9.99. The first-order chi connectivity index (χ1) is 6.75. The van der Waals surface area contributed by atoms with E-state index in [1.54, 1.807) is 0 Å². The largest absolute Gasteiger partial charge is 0.382 e. The fourth-order valence-corrected chi connectivity index (χ4v) is 3.28. The van der Waals surface area contributed by atoms with Crippen molar-refractivity contribution >= 4 is 21.0 Å². The number of nitrogens with zero attached hydrogens (tertiary/aromatic N) is 1. The summed E-state index contributed by atoms with van der Waals surface area (Å²) in [6.45, 7) is 6.01. The minimum absolute atomic E-state index is 0.659. The van der Waals surface area contributed by atoms with Gasteiger partial charge < -0.3 is 5.32 Å². The number of thioether (sulfide) groups is 1. The molecule has 0 aromatic heterocycles. The Morgan fingerprint density at radius 2 is 2.21 bits per heavy atom. The van der Waals surface area contributed by atoms with E-state index in [0.717, 1.165) is 12.5 Å². The van der Waals surface area contributed by atoms with Crippen molar-refractivity contribution in [3.8, 4) is 0 Å². The van der Waals surface area contributed by atoms with E-state index in [9.17, 15) is 0 Å². The Morgan fingerprint density at radius 3 is 2.79 bits per heavy atom. The Balaban J connectivity index is 1.84. The van der Waals surface area contributed by atoms with Crippen LogP contribution >= 0.6 is 21.0 Å². The van der Waals surface area contributed by atoms with Gasteiger partial charge in [-0.3, -0.25) is 4.90 Å². The predicted molar refractivity (Wildman–Crippen MR) is 67.1 cm³/mol. The molecule has 1 N–H and O–H groups in total. The van der Waals surface area contributed by atoms with Crippen molar-refractivity contribution in [1.29, 1.82) is 0 Å². The molecule has 0 aromatic rings. The maximum atomic E-state index is 3.40. The summed E-state index contributed by atoms with van der Waals surface area (Å²) < 4.78 is 0. The van der Waals surface area contributed by atoms with Crippen molar-refractivity contribution in [3.05, 3.63) is 10.8 Å². The zero-order chi connectivity index (χ0) is 9.97. The fraction of sp³-hybridized carbons (Fsp3) is 0.800. The molecule has 80 valence electrons. The van der Waals surface area contributed by atoms with Crippen LogP contribution in [0.3, 0.4) is 0 Å². The first-order valence-corrected chi connectivity index (χ1v) is 6.87. The van der Waals surface area contributed by atoms with Gasteiger partial charge in [0.2, 0.25) is 0 Å². The highest BCUT2D eigenvalue weighted by Gasteiger charge is 2.24. The van der Waals surface area contributed by atoms with Gasteiger partial charge >= 0.3 is 0 Å². The highest BCUT2D eigenvalue weighted by Crippen LogP contribution is 2.27. The monoisotopic (exact) mass is 230 g/mol. The van der Waals surface area contributed by atoms with Gasteiger partial charge in [-0.05, 0) is 37.3 Å². The second kappa shape index (κ2) is 4.87. The number of likely N-dealkylation sites (tertiary alicyclic amines) is 1. The van der Waals surface area contributed by atoms with Gasteiger partial charge in [-0.25, -0.2) is 0 Å². The molecule has 2 heterocycles. The van der Waals surface area contributed by atoms with E-state index in [2.05, 4.69) is 31.8 Å². The first-order valence-electron chi connectivity index (χ1n) is 5.35. The van der Waals surface area contributed by atoms with Gasteiger partial charge in [0.1, 0.15) is 0 Å².